The number of hydrogen-bond donors (Lipinski definition) is 1. The summed E-state index contributed by atoms with van der Waals surface area (Å²) in [6.45, 7) is 5.24. The molecule has 0 saturated heterocycles. The predicted molar refractivity (Wildman–Crippen MR) is 56.9 cm³/mol. The Morgan fingerprint density at radius 1 is 1.50 bits per heavy atom. The zero-order valence-corrected chi connectivity index (χ0v) is 9.12. The Balaban J connectivity index is 2.20. The van der Waals surface area contributed by atoms with Crippen LogP contribution in [0.25, 0.3) is 0 Å². The number of unbranched alkanes of at least 4 members (excludes halogenated alkanes) is 1. The second-order valence-corrected chi connectivity index (χ2v) is 3.61. The van der Waals surface area contributed by atoms with E-state index in [2.05, 4.69) is 24.3 Å². The average molecular weight is 196 g/mol. The van der Waals surface area contributed by atoms with Crippen molar-refractivity contribution < 1.29 is 4.52 Å². The average Bonchev–Trinajstić information content (AvgIpc) is 2.71. The van der Waals surface area contributed by atoms with Crippen LogP contribution in [0.3, 0.4) is 0 Å². The number of nitrogens with one attached hydrogen (secondary N) is 1. The van der Waals surface area contributed by atoms with Gasteiger partial charge in [-0.15, -0.1) is 0 Å². The summed E-state index contributed by atoms with van der Waals surface area (Å²) in [5.74, 6) is 0.917. The van der Waals surface area contributed by atoms with E-state index in [1.54, 1.807) is 6.20 Å². The molecule has 1 aromatic heterocycles. The fourth-order valence-corrected chi connectivity index (χ4v) is 1.48. The minimum Gasteiger partial charge on any atom is -0.360 e. The lowest BCUT2D eigenvalue weighted by molar-refractivity contribution is 0.354. The van der Waals surface area contributed by atoms with E-state index < -0.39 is 0 Å². The molecule has 0 aliphatic carbocycles. The van der Waals surface area contributed by atoms with Crippen LogP contribution < -0.4 is 5.32 Å². The van der Waals surface area contributed by atoms with Crippen molar-refractivity contribution >= 4 is 0 Å². The molecule has 1 unspecified atom stereocenters. The van der Waals surface area contributed by atoms with Crippen LogP contribution in [-0.4, -0.2) is 11.2 Å². The second-order valence-electron chi connectivity index (χ2n) is 3.61. The smallest absolute Gasteiger partial charge is 0.150 e. The van der Waals surface area contributed by atoms with Gasteiger partial charge in [0.2, 0.25) is 0 Å². The molecule has 1 atom stereocenters. The molecule has 0 amide bonds. The fourth-order valence-electron chi connectivity index (χ4n) is 1.48. The lowest BCUT2D eigenvalue weighted by atomic mass is 10.1. The molecule has 3 heteroatoms. The van der Waals surface area contributed by atoms with Gasteiger partial charge in [-0.05, 0) is 12.8 Å². The van der Waals surface area contributed by atoms with Crippen LogP contribution in [0.1, 0.15) is 45.3 Å². The third kappa shape index (κ3) is 3.92. The van der Waals surface area contributed by atoms with Gasteiger partial charge in [-0.25, -0.2) is 0 Å². The summed E-state index contributed by atoms with van der Waals surface area (Å²) < 4.78 is 5.02. The van der Waals surface area contributed by atoms with Gasteiger partial charge in [-0.2, -0.15) is 0 Å². The molecular formula is C11H20N2O. The Kier molecular flexibility index (Phi) is 5.30. The Bertz CT molecular complexity index is 221. The van der Waals surface area contributed by atoms with Crippen LogP contribution in [0.5, 0.6) is 0 Å². The Morgan fingerprint density at radius 3 is 2.93 bits per heavy atom. The molecular weight excluding hydrogens is 176 g/mol. The van der Waals surface area contributed by atoms with Gasteiger partial charge in [0.15, 0.2) is 0 Å². The molecule has 14 heavy (non-hydrogen) atoms. The maximum Gasteiger partial charge on any atom is 0.150 e. The van der Waals surface area contributed by atoms with Crippen LogP contribution in [0.15, 0.2) is 16.8 Å². The quantitative estimate of drug-likeness (QED) is 0.728. The number of aromatic nitrogens is 1. The molecule has 1 aromatic rings. The molecule has 80 valence electrons. The van der Waals surface area contributed by atoms with Crippen molar-refractivity contribution in [3.8, 4) is 0 Å². The second kappa shape index (κ2) is 6.60. The van der Waals surface area contributed by atoms with E-state index >= 15 is 0 Å². The molecule has 0 spiro atoms. The molecule has 0 aliphatic rings. The minimum absolute atomic E-state index is 0.611. The summed E-state index contributed by atoms with van der Waals surface area (Å²) in [6.07, 6.45) is 6.67. The van der Waals surface area contributed by atoms with Crippen LogP contribution >= 0.6 is 0 Å². The first-order valence-electron chi connectivity index (χ1n) is 5.49. The molecule has 0 saturated carbocycles. The normalized spacial score (nSPS) is 13.0. The van der Waals surface area contributed by atoms with Crippen molar-refractivity contribution in [1.29, 1.82) is 0 Å². The highest BCUT2D eigenvalue weighted by Crippen LogP contribution is 2.05. The maximum atomic E-state index is 5.02. The molecule has 3 nitrogen and oxygen atoms in total. The van der Waals surface area contributed by atoms with Crippen LogP contribution in [-0.2, 0) is 6.54 Å². The molecule has 1 N–H and O–H groups in total. The van der Waals surface area contributed by atoms with Crippen LogP contribution in [0.2, 0.25) is 0 Å². The Morgan fingerprint density at radius 2 is 2.36 bits per heavy atom. The van der Waals surface area contributed by atoms with Crippen LogP contribution in [0.4, 0.5) is 0 Å². The minimum atomic E-state index is 0.611. The van der Waals surface area contributed by atoms with Crippen molar-refractivity contribution in [3.63, 3.8) is 0 Å². The van der Waals surface area contributed by atoms with Crippen molar-refractivity contribution in [2.24, 2.45) is 0 Å². The number of nitrogens with zero attached hydrogens (tertiary/aromatic N) is 1. The van der Waals surface area contributed by atoms with Gasteiger partial charge in [0.25, 0.3) is 0 Å². The van der Waals surface area contributed by atoms with Crippen molar-refractivity contribution in [2.45, 2.75) is 52.1 Å². The third-order valence-corrected chi connectivity index (χ3v) is 2.46. The van der Waals surface area contributed by atoms with E-state index in [0.29, 0.717) is 6.04 Å². The number of rotatable bonds is 7. The molecule has 1 rings (SSSR count). The summed E-state index contributed by atoms with van der Waals surface area (Å²) in [4.78, 5) is 0. The molecule has 0 aliphatic heterocycles. The largest absolute Gasteiger partial charge is 0.360 e. The molecule has 0 bridgehead atoms. The van der Waals surface area contributed by atoms with Gasteiger partial charge in [0.1, 0.15) is 5.76 Å². The first-order chi connectivity index (χ1) is 6.86. The van der Waals surface area contributed by atoms with Crippen LogP contribution in [0, 0.1) is 0 Å². The third-order valence-electron chi connectivity index (χ3n) is 2.46. The summed E-state index contributed by atoms with van der Waals surface area (Å²) in [7, 11) is 0. The van der Waals surface area contributed by atoms with E-state index in [9.17, 15) is 0 Å². The van der Waals surface area contributed by atoms with Gasteiger partial charge >= 0.3 is 0 Å². The van der Waals surface area contributed by atoms with E-state index in [-0.39, 0.29) is 0 Å². The summed E-state index contributed by atoms with van der Waals surface area (Å²) in [5.41, 5.74) is 0. The Labute approximate surface area is 85.9 Å². The summed E-state index contributed by atoms with van der Waals surface area (Å²) in [6, 6.07) is 2.51. The van der Waals surface area contributed by atoms with E-state index in [1.807, 2.05) is 6.07 Å². The summed E-state index contributed by atoms with van der Waals surface area (Å²) >= 11 is 0. The van der Waals surface area contributed by atoms with E-state index in [1.165, 1.54) is 25.7 Å². The zero-order valence-electron chi connectivity index (χ0n) is 9.12. The van der Waals surface area contributed by atoms with Gasteiger partial charge in [-0.3, -0.25) is 0 Å². The first kappa shape index (κ1) is 11.2. The molecule has 0 fully saturated rings. The van der Waals surface area contributed by atoms with Gasteiger partial charge < -0.3 is 9.84 Å². The Hall–Kier alpha value is -0.830. The van der Waals surface area contributed by atoms with Crippen molar-refractivity contribution in [2.75, 3.05) is 0 Å². The standard InChI is InChI=1S/C11H20N2O/c1-3-5-6-10(4-2)12-9-11-7-8-13-14-11/h7-8,10,12H,3-6,9H2,1-2H3. The van der Waals surface area contributed by atoms with Gasteiger partial charge in [0.05, 0.1) is 12.7 Å². The number of hydrogen-bond acceptors (Lipinski definition) is 3. The zero-order chi connectivity index (χ0) is 10.2. The van der Waals surface area contributed by atoms with Gasteiger partial charge in [-0.1, -0.05) is 31.8 Å². The monoisotopic (exact) mass is 196 g/mol. The summed E-state index contributed by atoms with van der Waals surface area (Å²) in [5, 5.41) is 7.15. The predicted octanol–water partition coefficient (Wildman–Crippen LogP) is 2.73. The topological polar surface area (TPSA) is 38.1 Å². The highest BCUT2D eigenvalue weighted by molar-refractivity contribution is 4.92. The highest BCUT2D eigenvalue weighted by atomic mass is 16.5. The molecule has 0 radical (unpaired) electrons. The lowest BCUT2D eigenvalue weighted by Crippen LogP contribution is -2.27. The molecule has 0 aromatic carbocycles. The first-order valence-corrected chi connectivity index (χ1v) is 5.49. The van der Waals surface area contributed by atoms with E-state index in [0.717, 1.165) is 12.3 Å². The molecule has 1 heterocycles. The highest BCUT2D eigenvalue weighted by Gasteiger charge is 2.05. The maximum absolute atomic E-state index is 5.02. The SMILES string of the molecule is CCCCC(CC)NCc1ccno1. The van der Waals surface area contributed by atoms with Crippen molar-refractivity contribution in [1.82, 2.24) is 10.5 Å². The van der Waals surface area contributed by atoms with Gasteiger partial charge in [0, 0.05) is 12.1 Å². The van der Waals surface area contributed by atoms with Crippen molar-refractivity contribution in [3.05, 3.63) is 18.0 Å². The van der Waals surface area contributed by atoms with E-state index in [4.69, 9.17) is 4.52 Å². The lowest BCUT2D eigenvalue weighted by Gasteiger charge is -2.15. The fraction of sp³-hybridized carbons (Fsp3) is 0.727.